The lowest BCUT2D eigenvalue weighted by molar-refractivity contribution is -0.143. The molecule has 1 fully saturated rings. The maximum atomic E-state index is 11.9. The van der Waals surface area contributed by atoms with Crippen LogP contribution in [0.5, 0.6) is 0 Å². The zero-order chi connectivity index (χ0) is 15.1. The van der Waals surface area contributed by atoms with Crippen molar-refractivity contribution < 1.29 is 19.5 Å². The molecule has 20 heavy (non-hydrogen) atoms. The van der Waals surface area contributed by atoms with E-state index in [0.717, 1.165) is 0 Å². The average Bonchev–Trinajstić information content (AvgIpc) is 2.42. The summed E-state index contributed by atoms with van der Waals surface area (Å²) in [5, 5.41) is 14.2. The molecule has 0 spiro atoms. The quantitative estimate of drug-likeness (QED) is 0.675. The zero-order valence-corrected chi connectivity index (χ0v) is 12.0. The van der Waals surface area contributed by atoms with Crippen LogP contribution < -0.4 is 10.6 Å². The standard InChI is InChI=1S/C13H23N3O4/c1-9(2)6-14-11(17)7-15-13(20)16-5-3-4-10(8-16)12(18)19/h9-10H,3-8H2,1-2H3,(H,14,17)(H,15,20)(H,18,19). The van der Waals surface area contributed by atoms with Gasteiger partial charge in [0, 0.05) is 19.6 Å². The lowest BCUT2D eigenvalue weighted by Gasteiger charge is -2.30. The number of carboxylic acid groups (broad SMARTS) is 1. The predicted molar refractivity (Wildman–Crippen MR) is 73.2 cm³/mol. The van der Waals surface area contributed by atoms with Crippen LogP contribution in [0.15, 0.2) is 0 Å². The summed E-state index contributed by atoms with van der Waals surface area (Å²) in [5.74, 6) is -1.27. The molecule has 1 atom stereocenters. The predicted octanol–water partition coefficient (Wildman–Crippen LogP) is 0.265. The van der Waals surface area contributed by atoms with Gasteiger partial charge in [-0.05, 0) is 18.8 Å². The van der Waals surface area contributed by atoms with E-state index in [2.05, 4.69) is 10.6 Å². The lowest BCUT2D eigenvalue weighted by Crippen LogP contribution is -2.49. The number of nitrogens with one attached hydrogen (secondary N) is 2. The molecule has 0 aliphatic carbocycles. The third-order valence-corrected chi connectivity index (χ3v) is 3.17. The van der Waals surface area contributed by atoms with Gasteiger partial charge in [-0.1, -0.05) is 13.8 Å². The van der Waals surface area contributed by atoms with Crippen LogP contribution in [0.1, 0.15) is 26.7 Å². The molecule has 0 radical (unpaired) electrons. The Labute approximate surface area is 118 Å². The maximum Gasteiger partial charge on any atom is 0.317 e. The largest absolute Gasteiger partial charge is 0.481 e. The number of carboxylic acids is 1. The minimum atomic E-state index is -0.878. The van der Waals surface area contributed by atoms with Gasteiger partial charge in [-0.3, -0.25) is 9.59 Å². The Morgan fingerprint density at radius 3 is 2.60 bits per heavy atom. The van der Waals surface area contributed by atoms with Gasteiger partial charge in [0.15, 0.2) is 0 Å². The summed E-state index contributed by atoms with van der Waals surface area (Å²) in [7, 11) is 0. The Morgan fingerprint density at radius 1 is 1.30 bits per heavy atom. The van der Waals surface area contributed by atoms with Gasteiger partial charge in [-0.15, -0.1) is 0 Å². The highest BCUT2D eigenvalue weighted by Gasteiger charge is 2.28. The monoisotopic (exact) mass is 285 g/mol. The number of urea groups is 1. The molecule has 0 bridgehead atoms. The Morgan fingerprint density at radius 2 is 2.00 bits per heavy atom. The molecule has 1 unspecified atom stereocenters. The molecule has 7 heteroatoms. The second-order valence-electron chi connectivity index (χ2n) is 5.48. The normalized spacial score (nSPS) is 18.8. The summed E-state index contributed by atoms with van der Waals surface area (Å²) in [6.07, 6.45) is 1.26. The fraction of sp³-hybridized carbons (Fsp3) is 0.769. The number of nitrogens with zero attached hydrogens (tertiary/aromatic N) is 1. The summed E-state index contributed by atoms with van der Waals surface area (Å²) < 4.78 is 0. The number of rotatable bonds is 5. The van der Waals surface area contributed by atoms with E-state index in [9.17, 15) is 14.4 Å². The average molecular weight is 285 g/mol. The molecule has 1 rings (SSSR count). The van der Waals surface area contributed by atoms with Crippen LogP contribution in [0.2, 0.25) is 0 Å². The van der Waals surface area contributed by atoms with Crippen molar-refractivity contribution in [1.82, 2.24) is 15.5 Å². The van der Waals surface area contributed by atoms with Gasteiger partial charge in [-0.2, -0.15) is 0 Å². The molecule has 1 aliphatic rings. The van der Waals surface area contributed by atoms with Crippen molar-refractivity contribution in [3.8, 4) is 0 Å². The van der Waals surface area contributed by atoms with Crippen molar-refractivity contribution in [3.63, 3.8) is 0 Å². The first-order valence-electron chi connectivity index (χ1n) is 6.92. The van der Waals surface area contributed by atoms with Crippen LogP contribution in [0.3, 0.4) is 0 Å². The van der Waals surface area contributed by atoms with Gasteiger partial charge < -0.3 is 20.6 Å². The third kappa shape index (κ3) is 5.46. The summed E-state index contributed by atoms with van der Waals surface area (Å²) in [6, 6.07) is -0.379. The van der Waals surface area contributed by atoms with Crippen LogP contribution >= 0.6 is 0 Å². The molecule has 1 saturated heterocycles. The van der Waals surface area contributed by atoms with Gasteiger partial charge >= 0.3 is 12.0 Å². The topological polar surface area (TPSA) is 98.7 Å². The van der Waals surface area contributed by atoms with E-state index in [0.29, 0.717) is 31.8 Å². The number of aliphatic carboxylic acids is 1. The SMILES string of the molecule is CC(C)CNC(=O)CNC(=O)N1CCCC(C(=O)O)C1. The van der Waals surface area contributed by atoms with E-state index in [1.807, 2.05) is 13.8 Å². The molecular formula is C13H23N3O4. The minimum Gasteiger partial charge on any atom is -0.481 e. The molecule has 0 aromatic heterocycles. The number of hydrogen-bond acceptors (Lipinski definition) is 3. The third-order valence-electron chi connectivity index (χ3n) is 3.17. The Hall–Kier alpha value is -1.79. The smallest absolute Gasteiger partial charge is 0.317 e. The van der Waals surface area contributed by atoms with Gasteiger partial charge in [0.2, 0.25) is 5.91 Å². The summed E-state index contributed by atoms with van der Waals surface area (Å²) in [6.45, 7) is 5.19. The molecule has 114 valence electrons. The number of hydrogen-bond donors (Lipinski definition) is 3. The van der Waals surface area contributed by atoms with Gasteiger partial charge in [0.1, 0.15) is 0 Å². The number of carbonyl (C=O) groups is 3. The van der Waals surface area contributed by atoms with E-state index >= 15 is 0 Å². The maximum absolute atomic E-state index is 11.9. The number of piperidine rings is 1. The van der Waals surface area contributed by atoms with Crippen molar-refractivity contribution in [3.05, 3.63) is 0 Å². The highest BCUT2D eigenvalue weighted by atomic mass is 16.4. The van der Waals surface area contributed by atoms with Crippen molar-refractivity contribution in [2.24, 2.45) is 11.8 Å². The molecule has 1 aliphatic heterocycles. The van der Waals surface area contributed by atoms with Crippen molar-refractivity contribution in [2.45, 2.75) is 26.7 Å². The summed E-state index contributed by atoms with van der Waals surface area (Å²) in [4.78, 5) is 35.7. The fourth-order valence-corrected chi connectivity index (χ4v) is 2.01. The second kappa shape index (κ2) is 7.72. The second-order valence-corrected chi connectivity index (χ2v) is 5.48. The molecule has 0 aromatic carbocycles. The first-order chi connectivity index (χ1) is 9.40. The fourth-order valence-electron chi connectivity index (χ4n) is 2.01. The molecule has 0 aromatic rings. The van der Waals surface area contributed by atoms with Crippen molar-refractivity contribution >= 4 is 17.9 Å². The molecule has 3 N–H and O–H groups in total. The van der Waals surface area contributed by atoms with E-state index < -0.39 is 11.9 Å². The highest BCUT2D eigenvalue weighted by molar-refractivity contribution is 5.84. The highest BCUT2D eigenvalue weighted by Crippen LogP contribution is 2.16. The number of amides is 3. The van der Waals surface area contributed by atoms with E-state index in [-0.39, 0.29) is 25.0 Å². The van der Waals surface area contributed by atoms with Crippen molar-refractivity contribution in [2.75, 3.05) is 26.2 Å². The molecular weight excluding hydrogens is 262 g/mol. The number of likely N-dealkylation sites (tertiary alicyclic amines) is 1. The van der Waals surface area contributed by atoms with Crippen LogP contribution in [0, 0.1) is 11.8 Å². The molecule has 7 nitrogen and oxygen atoms in total. The van der Waals surface area contributed by atoms with Crippen LogP contribution in [0.25, 0.3) is 0 Å². The van der Waals surface area contributed by atoms with Crippen LogP contribution in [-0.4, -0.2) is 54.1 Å². The first kappa shape index (κ1) is 16.3. The molecule has 0 saturated carbocycles. The van der Waals surface area contributed by atoms with Crippen LogP contribution in [0.4, 0.5) is 4.79 Å². The van der Waals surface area contributed by atoms with Crippen LogP contribution in [-0.2, 0) is 9.59 Å². The first-order valence-corrected chi connectivity index (χ1v) is 6.92. The lowest BCUT2D eigenvalue weighted by atomic mass is 9.99. The Bertz CT molecular complexity index is 371. The minimum absolute atomic E-state index is 0.0835. The Balaban J connectivity index is 2.31. The zero-order valence-electron chi connectivity index (χ0n) is 12.0. The molecule has 1 heterocycles. The number of carbonyl (C=O) groups excluding carboxylic acids is 2. The van der Waals surface area contributed by atoms with E-state index in [1.165, 1.54) is 4.90 Å². The summed E-state index contributed by atoms with van der Waals surface area (Å²) in [5.41, 5.74) is 0. The van der Waals surface area contributed by atoms with Gasteiger partial charge in [0.25, 0.3) is 0 Å². The van der Waals surface area contributed by atoms with Gasteiger partial charge in [0.05, 0.1) is 12.5 Å². The van der Waals surface area contributed by atoms with Gasteiger partial charge in [-0.25, -0.2) is 4.79 Å². The Kier molecular flexibility index (Phi) is 6.27. The van der Waals surface area contributed by atoms with Crippen molar-refractivity contribution in [1.29, 1.82) is 0 Å². The van der Waals surface area contributed by atoms with E-state index in [1.54, 1.807) is 0 Å². The molecule has 3 amide bonds. The summed E-state index contributed by atoms with van der Waals surface area (Å²) >= 11 is 0. The van der Waals surface area contributed by atoms with E-state index in [4.69, 9.17) is 5.11 Å².